The van der Waals surface area contributed by atoms with E-state index in [-0.39, 0.29) is 3.92 Å². The lowest BCUT2D eigenvalue weighted by Gasteiger charge is -2.24. The Bertz CT molecular complexity index is 150. The highest BCUT2D eigenvalue weighted by atomic mass is 127. The minimum absolute atomic E-state index is 0.0879. The van der Waals surface area contributed by atoms with Crippen LogP contribution in [0.2, 0.25) is 0 Å². The van der Waals surface area contributed by atoms with Crippen LogP contribution in [0, 0.1) is 0 Å². The number of hydrogen-bond donors (Lipinski definition) is 1. The van der Waals surface area contributed by atoms with Crippen molar-refractivity contribution in [1.29, 1.82) is 0 Å². The van der Waals surface area contributed by atoms with Gasteiger partial charge in [0.1, 0.15) is 6.17 Å². The second kappa shape index (κ2) is 3.75. The van der Waals surface area contributed by atoms with Crippen LogP contribution in [-0.4, -0.2) is 45.3 Å². The van der Waals surface area contributed by atoms with Gasteiger partial charge in [-0.1, -0.05) is 22.6 Å². The predicted molar refractivity (Wildman–Crippen MR) is 55.4 cm³/mol. The van der Waals surface area contributed by atoms with Crippen molar-refractivity contribution in [1.82, 2.24) is 4.90 Å². The van der Waals surface area contributed by atoms with E-state index < -0.39 is 11.8 Å². The van der Waals surface area contributed by atoms with Crippen LogP contribution in [0.25, 0.3) is 0 Å². The summed E-state index contributed by atoms with van der Waals surface area (Å²) < 4.78 is 13.1. The summed E-state index contributed by atoms with van der Waals surface area (Å²) in [6.07, 6.45) is -0.729. The monoisotopic (exact) mass is 287 g/mol. The van der Waals surface area contributed by atoms with Crippen molar-refractivity contribution in [2.24, 2.45) is 0 Å². The number of aliphatic hydroxyl groups is 1. The highest BCUT2D eigenvalue weighted by molar-refractivity contribution is 14.1. The van der Waals surface area contributed by atoms with Crippen molar-refractivity contribution in [3.05, 3.63) is 0 Å². The molecule has 12 heavy (non-hydrogen) atoms. The third-order valence-electron chi connectivity index (χ3n) is 1.87. The maximum Gasteiger partial charge on any atom is 0.126 e. The average molecular weight is 287 g/mol. The van der Waals surface area contributed by atoms with Crippen LogP contribution >= 0.6 is 22.6 Å². The molecule has 1 saturated heterocycles. The van der Waals surface area contributed by atoms with Gasteiger partial charge in [-0.15, -0.1) is 0 Å². The van der Waals surface area contributed by atoms with E-state index in [0.717, 1.165) is 6.54 Å². The van der Waals surface area contributed by atoms with Crippen molar-refractivity contribution in [3.63, 3.8) is 0 Å². The van der Waals surface area contributed by atoms with Gasteiger partial charge in [0.15, 0.2) is 0 Å². The van der Waals surface area contributed by atoms with Gasteiger partial charge in [0, 0.05) is 19.6 Å². The molecule has 1 aliphatic rings. The Labute approximate surface area is 86.3 Å². The van der Waals surface area contributed by atoms with Gasteiger partial charge in [-0.3, -0.25) is 4.90 Å². The summed E-state index contributed by atoms with van der Waals surface area (Å²) >= 11 is 2.13. The van der Waals surface area contributed by atoms with Gasteiger partial charge in [0.2, 0.25) is 0 Å². The first-order valence-corrected chi connectivity index (χ1v) is 5.36. The van der Waals surface area contributed by atoms with Crippen molar-refractivity contribution < 1.29 is 9.50 Å². The molecule has 0 aromatic rings. The summed E-state index contributed by atoms with van der Waals surface area (Å²) in [6.45, 7) is 5.29. The Balaban J connectivity index is 2.38. The van der Waals surface area contributed by atoms with Gasteiger partial charge in [-0.25, -0.2) is 4.39 Å². The van der Waals surface area contributed by atoms with Crippen molar-refractivity contribution in [2.45, 2.75) is 29.5 Å². The Kier molecular flexibility index (Phi) is 3.34. The Morgan fingerprint density at radius 2 is 2.17 bits per heavy atom. The summed E-state index contributed by atoms with van der Waals surface area (Å²) in [4.78, 5) is 1.97. The van der Waals surface area contributed by atoms with E-state index in [4.69, 9.17) is 0 Å². The minimum Gasteiger partial charge on any atom is -0.389 e. The molecular formula is C8H15FINO. The van der Waals surface area contributed by atoms with E-state index in [1.807, 2.05) is 4.90 Å². The average Bonchev–Trinajstić information content (AvgIpc) is 2.07. The second-order valence-electron chi connectivity index (χ2n) is 4.04. The first-order chi connectivity index (χ1) is 5.38. The number of halogens is 2. The summed E-state index contributed by atoms with van der Waals surface area (Å²) in [7, 11) is 0. The molecule has 0 spiro atoms. The van der Waals surface area contributed by atoms with Crippen LogP contribution in [0.5, 0.6) is 0 Å². The summed E-state index contributed by atoms with van der Waals surface area (Å²) in [6, 6.07) is 0. The Hall–Kier alpha value is 0.580. The molecule has 0 amide bonds. The lowest BCUT2D eigenvalue weighted by atomic mass is 10.1. The van der Waals surface area contributed by atoms with Gasteiger partial charge in [0.25, 0.3) is 0 Å². The summed E-state index contributed by atoms with van der Waals surface area (Å²) in [5.41, 5.74) is -0.708. The van der Waals surface area contributed by atoms with Crippen LogP contribution in [0.15, 0.2) is 0 Å². The van der Waals surface area contributed by atoms with E-state index in [9.17, 15) is 9.50 Å². The maximum absolute atomic E-state index is 13.0. The molecule has 0 unspecified atom stereocenters. The second-order valence-corrected chi connectivity index (χ2v) is 5.64. The van der Waals surface area contributed by atoms with Gasteiger partial charge in [-0.05, 0) is 13.8 Å². The topological polar surface area (TPSA) is 23.5 Å². The molecule has 72 valence electrons. The smallest absolute Gasteiger partial charge is 0.126 e. The number of hydrogen-bond acceptors (Lipinski definition) is 2. The zero-order chi connectivity index (χ0) is 9.35. The summed E-state index contributed by atoms with van der Waals surface area (Å²) in [5.74, 6) is 0. The molecule has 0 bridgehead atoms. The first-order valence-electron chi connectivity index (χ1n) is 4.11. The zero-order valence-corrected chi connectivity index (χ0v) is 9.58. The molecule has 2 nitrogen and oxygen atoms in total. The molecule has 1 N–H and O–H groups in total. The molecule has 2 atom stereocenters. The molecular weight excluding hydrogens is 272 g/mol. The van der Waals surface area contributed by atoms with E-state index in [1.165, 1.54) is 0 Å². The molecule has 1 fully saturated rings. The molecule has 0 aromatic carbocycles. The maximum atomic E-state index is 13.0. The van der Waals surface area contributed by atoms with Crippen LogP contribution in [0.4, 0.5) is 4.39 Å². The highest BCUT2D eigenvalue weighted by Crippen LogP contribution is 2.22. The zero-order valence-electron chi connectivity index (χ0n) is 7.43. The van der Waals surface area contributed by atoms with Crippen LogP contribution in [-0.2, 0) is 0 Å². The largest absolute Gasteiger partial charge is 0.389 e. The van der Waals surface area contributed by atoms with E-state index in [2.05, 4.69) is 22.6 Å². The van der Waals surface area contributed by atoms with Crippen molar-refractivity contribution >= 4 is 22.6 Å². The fourth-order valence-corrected chi connectivity index (χ4v) is 2.26. The van der Waals surface area contributed by atoms with Gasteiger partial charge >= 0.3 is 0 Å². The van der Waals surface area contributed by atoms with Gasteiger partial charge in [0.05, 0.1) is 9.53 Å². The fraction of sp³-hybridized carbons (Fsp3) is 1.00. The molecule has 1 heterocycles. The fourth-order valence-electron chi connectivity index (χ4n) is 1.47. The number of nitrogens with zero attached hydrogens (tertiary/aromatic N) is 1. The van der Waals surface area contributed by atoms with E-state index in [0.29, 0.717) is 13.1 Å². The minimum atomic E-state index is -0.729. The number of likely N-dealkylation sites (tertiary alicyclic amines) is 1. The summed E-state index contributed by atoms with van der Waals surface area (Å²) in [5, 5.41) is 9.48. The molecule has 1 rings (SSSR count). The molecule has 0 aliphatic carbocycles. The van der Waals surface area contributed by atoms with Crippen molar-refractivity contribution in [3.8, 4) is 0 Å². The quantitative estimate of drug-likeness (QED) is 0.609. The van der Waals surface area contributed by atoms with E-state index in [1.54, 1.807) is 13.8 Å². The number of alkyl halides is 2. The normalized spacial score (nSPS) is 32.8. The van der Waals surface area contributed by atoms with E-state index >= 15 is 0 Å². The molecule has 0 radical (unpaired) electrons. The third kappa shape index (κ3) is 3.14. The van der Waals surface area contributed by atoms with Crippen molar-refractivity contribution in [2.75, 3.05) is 19.6 Å². The molecule has 4 heteroatoms. The first kappa shape index (κ1) is 10.7. The highest BCUT2D eigenvalue weighted by Gasteiger charge is 2.32. The lowest BCUT2D eigenvalue weighted by Crippen LogP contribution is -2.37. The lowest BCUT2D eigenvalue weighted by molar-refractivity contribution is 0.0423. The predicted octanol–water partition coefficient (Wildman–Crippen LogP) is 1.21. The van der Waals surface area contributed by atoms with Crippen LogP contribution in [0.3, 0.4) is 0 Å². The Morgan fingerprint density at radius 3 is 2.50 bits per heavy atom. The SMILES string of the molecule is CC(C)(O)CN1C[C@@H](I)[C@@H](F)C1. The third-order valence-corrected chi connectivity index (χ3v) is 3.04. The molecule has 0 saturated carbocycles. The Morgan fingerprint density at radius 1 is 1.58 bits per heavy atom. The van der Waals surface area contributed by atoms with Gasteiger partial charge < -0.3 is 5.11 Å². The number of β-amino-alcohol motifs (C(OH)–C–C–N with tert-alkyl or cyclic N) is 1. The standard InChI is InChI=1S/C8H15FINO/c1-8(2,12)5-11-3-6(9)7(10)4-11/h6-7,12H,3-5H2,1-2H3/t6-,7+/m0/s1. The van der Waals surface area contributed by atoms with Gasteiger partial charge in [-0.2, -0.15) is 0 Å². The van der Waals surface area contributed by atoms with Crippen LogP contribution in [0.1, 0.15) is 13.8 Å². The molecule has 1 aliphatic heterocycles. The number of rotatable bonds is 2. The van der Waals surface area contributed by atoms with Crippen LogP contribution < -0.4 is 0 Å². The molecule has 0 aromatic heterocycles.